The molecule has 1 fully saturated rings. The third-order valence-electron chi connectivity index (χ3n) is 2.62. The monoisotopic (exact) mass is 225 g/mol. The van der Waals surface area contributed by atoms with Crippen molar-refractivity contribution in [3.8, 4) is 5.75 Å². The van der Waals surface area contributed by atoms with E-state index < -0.39 is 0 Å². The van der Waals surface area contributed by atoms with Gasteiger partial charge in [-0.2, -0.15) is 0 Å². The molecule has 1 saturated carbocycles. The van der Waals surface area contributed by atoms with Crippen molar-refractivity contribution in [3.05, 3.63) is 28.8 Å². The Hall–Kier alpha value is -0.730. The highest BCUT2D eigenvalue weighted by Crippen LogP contribution is 2.33. The Morgan fingerprint density at radius 2 is 2.20 bits per heavy atom. The van der Waals surface area contributed by atoms with Gasteiger partial charge in [0.25, 0.3) is 0 Å². The van der Waals surface area contributed by atoms with Crippen LogP contribution in [0, 0.1) is 5.92 Å². The standard InChI is InChI=1S/C12H16ClNO/c13-11-3-1-2-10(6-7-14)12(11)15-8-9-4-5-9/h1-3,9H,4-8,14H2. The molecule has 15 heavy (non-hydrogen) atoms. The smallest absolute Gasteiger partial charge is 0.141 e. The predicted octanol–water partition coefficient (Wildman–Crippen LogP) is 2.63. The van der Waals surface area contributed by atoms with Crippen LogP contribution in [-0.4, -0.2) is 13.2 Å². The number of hydrogen-bond acceptors (Lipinski definition) is 2. The number of benzene rings is 1. The summed E-state index contributed by atoms with van der Waals surface area (Å²) >= 11 is 6.10. The molecule has 0 radical (unpaired) electrons. The lowest BCUT2D eigenvalue weighted by molar-refractivity contribution is 0.297. The lowest BCUT2D eigenvalue weighted by Gasteiger charge is -2.12. The highest BCUT2D eigenvalue weighted by Gasteiger charge is 2.22. The number of rotatable bonds is 5. The summed E-state index contributed by atoms with van der Waals surface area (Å²) in [6, 6.07) is 5.84. The normalized spacial score (nSPS) is 15.3. The fourth-order valence-electron chi connectivity index (χ4n) is 1.55. The lowest BCUT2D eigenvalue weighted by Crippen LogP contribution is -2.07. The first kappa shape index (κ1) is 10.8. The van der Waals surface area contributed by atoms with Crippen LogP contribution in [0.4, 0.5) is 0 Å². The van der Waals surface area contributed by atoms with Crippen molar-refractivity contribution in [3.63, 3.8) is 0 Å². The van der Waals surface area contributed by atoms with Gasteiger partial charge in [0.2, 0.25) is 0 Å². The Balaban J connectivity index is 2.09. The van der Waals surface area contributed by atoms with Crippen molar-refractivity contribution in [2.45, 2.75) is 19.3 Å². The average Bonchev–Trinajstić information content (AvgIpc) is 3.01. The molecule has 0 aliphatic heterocycles. The van der Waals surface area contributed by atoms with E-state index in [0.29, 0.717) is 11.6 Å². The van der Waals surface area contributed by atoms with Crippen LogP contribution in [-0.2, 0) is 6.42 Å². The van der Waals surface area contributed by atoms with E-state index in [1.165, 1.54) is 12.8 Å². The van der Waals surface area contributed by atoms with Crippen molar-refractivity contribution < 1.29 is 4.74 Å². The molecule has 1 aromatic rings. The van der Waals surface area contributed by atoms with Gasteiger partial charge >= 0.3 is 0 Å². The molecule has 1 aromatic carbocycles. The van der Waals surface area contributed by atoms with E-state index in [1.54, 1.807) is 0 Å². The van der Waals surface area contributed by atoms with Crippen LogP contribution in [0.3, 0.4) is 0 Å². The third kappa shape index (κ3) is 2.86. The summed E-state index contributed by atoms with van der Waals surface area (Å²) in [4.78, 5) is 0. The van der Waals surface area contributed by atoms with Crippen molar-refractivity contribution in [1.82, 2.24) is 0 Å². The van der Waals surface area contributed by atoms with Gasteiger partial charge in [-0.05, 0) is 43.4 Å². The zero-order valence-electron chi connectivity index (χ0n) is 8.71. The molecule has 0 saturated heterocycles. The molecule has 0 amide bonds. The molecule has 0 spiro atoms. The number of ether oxygens (including phenoxy) is 1. The van der Waals surface area contributed by atoms with E-state index in [1.807, 2.05) is 18.2 Å². The SMILES string of the molecule is NCCc1cccc(Cl)c1OCC1CC1. The Morgan fingerprint density at radius 3 is 2.87 bits per heavy atom. The highest BCUT2D eigenvalue weighted by atomic mass is 35.5. The van der Waals surface area contributed by atoms with E-state index in [0.717, 1.165) is 30.3 Å². The van der Waals surface area contributed by atoms with Crippen molar-refractivity contribution >= 4 is 11.6 Å². The third-order valence-corrected chi connectivity index (χ3v) is 2.92. The minimum absolute atomic E-state index is 0.625. The Kier molecular flexibility index (Phi) is 3.49. The van der Waals surface area contributed by atoms with Gasteiger partial charge in [0.05, 0.1) is 11.6 Å². The van der Waals surface area contributed by atoms with Crippen LogP contribution in [0.2, 0.25) is 5.02 Å². The zero-order valence-corrected chi connectivity index (χ0v) is 9.46. The predicted molar refractivity (Wildman–Crippen MR) is 62.4 cm³/mol. The molecular formula is C12H16ClNO. The summed E-state index contributed by atoms with van der Waals surface area (Å²) in [6.45, 7) is 1.42. The molecule has 82 valence electrons. The first-order chi connectivity index (χ1) is 7.31. The molecule has 0 atom stereocenters. The van der Waals surface area contributed by atoms with Gasteiger partial charge in [-0.15, -0.1) is 0 Å². The quantitative estimate of drug-likeness (QED) is 0.836. The minimum atomic E-state index is 0.625. The Labute approximate surface area is 95.4 Å². The molecule has 0 bridgehead atoms. The first-order valence-corrected chi connectivity index (χ1v) is 5.79. The summed E-state index contributed by atoms with van der Waals surface area (Å²) in [5.41, 5.74) is 6.67. The Bertz CT molecular complexity index is 336. The number of halogens is 1. The highest BCUT2D eigenvalue weighted by molar-refractivity contribution is 6.32. The van der Waals surface area contributed by atoms with Gasteiger partial charge in [-0.1, -0.05) is 23.7 Å². The zero-order chi connectivity index (χ0) is 10.7. The minimum Gasteiger partial charge on any atom is -0.491 e. The molecule has 0 heterocycles. The summed E-state index contributed by atoms with van der Waals surface area (Å²) < 4.78 is 5.76. The summed E-state index contributed by atoms with van der Waals surface area (Å²) in [5, 5.41) is 0.696. The van der Waals surface area contributed by atoms with Crippen LogP contribution in [0.5, 0.6) is 5.75 Å². The molecule has 2 nitrogen and oxygen atoms in total. The summed E-state index contributed by atoms with van der Waals surface area (Å²) in [7, 11) is 0. The molecule has 0 aromatic heterocycles. The van der Waals surface area contributed by atoms with Crippen LogP contribution < -0.4 is 10.5 Å². The Morgan fingerprint density at radius 1 is 1.40 bits per heavy atom. The van der Waals surface area contributed by atoms with Crippen LogP contribution >= 0.6 is 11.6 Å². The molecule has 3 heteroatoms. The summed E-state index contributed by atoms with van der Waals surface area (Å²) in [6.07, 6.45) is 3.40. The second-order valence-electron chi connectivity index (χ2n) is 4.02. The fourth-order valence-corrected chi connectivity index (χ4v) is 1.80. The number of nitrogens with two attached hydrogens (primary N) is 1. The molecule has 1 aliphatic carbocycles. The molecule has 0 unspecified atom stereocenters. The fraction of sp³-hybridized carbons (Fsp3) is 0.500. The van der Waals surface area contributed by atoms with Crippen LogP contribution in [0.15, 0.2) is 18.2 Å². The second kappa shape index (κ2) is 4.86. The number of para-hydroxylation sites is 1. The van der Waals surface area contributed by atoms with Gasteiger partial charge in [0.1, 0.15) is 5.75 Å². The number of hydrogen-bond donors (Lipinski definition) is 1. The van der Waals surface area contributed by atoms with Gasteiger partial charge in [-0.3, -0.25) is 0 Å². The molecule has 2 N–H and O–H groups in total. The average molecular weight is 226 g/mol. The molecule has 1 aliphatic rings. The lowest BCUT2D eigenvalue weighted by atomic mass is 10.1. The topological polar surface area (TPSA) is 35.2 Å². The van der Waals surface area contributed by atoms with Crippen molar-refractivity contribution in [2.24, 2.45) is 11.7 Å². The van der Waals surface area contributed by atoms with E-state index in [9.17, 15) is 0 Å². The van der Waals surface area contributed by atoms with Crippen molar-refractivity contribution in [1.29, 1.82) is 0 Å². The van der Waals surface area contributed by atoms with Gasteiger partial charge < -0.3 is 10.5 Å². The molecule has 2 rings (SSSR count). The maximum atomic E-state index is 6.10. The maximum absolute atomic E-state index is 6.10. The van der Waals surface area contributed by atoms with Crippen LogP contribution in [0.1, 0.15) is 18.4 Å². The van der Waals surface area contributed by atoms with Crippen molar-refractivity contribution in [2.75, 3.05) is 13.2 Å². The second-order valence-corrected chi connectivity index (χ2v) is 4.43. The van der Waals surface area contributed by atoms with E-state index >= 15 is 0 Å². The largest absolute Gasteiger partial charge is 0.491 e. The van der Waals surface area contributed by atoms with Gasteiger partial charge in [0.15, 0.2) is 0 Å². The van der Waals surface area contributed by atoms with Gasteiger partial charge in [0, 0.05) is 0 Å². The van der Waals surface area contributed by atoms with E-state index in [4.69, 9.17) is 22.1 Å². The maximum Gasteiger partial charge on any atom is 0.141 e. The van der Waals surface area contributed by atoms with Gasteiger partial charge in [-0.25, -0.2) is 0 Å². The van der Waals surface area contributed by atoms with E-state index in [-0.39, 0.29) is 0 Å². The van der Waals surface area contributed by atoms with E-state index in [2.05, 4.69) is 0 Å². The van der Waals surface area contributed by atoms with Crippen LogP contribution in [0.25, 0.3) is 0 Å². The molecular weight excluding hydrogens is 210 g/mol. The first-order valence-electron chi connectivity index (χ1n) is 5.41. The summed E-state index contributed by atoms with van der Waals surface area (Å²) in [5.74, 6) is 1.57.